The molecule has 178 valence electrons. The average molecular weight is 497 g/mol. The number of nitrogens with zero attached hydrogens (tertiary/aromatic N) is 1. The van der Waals surface area contributed by atoms with Crippen molar-refractivity contribution in [1.82, 2.24) is 4.90 Å². The number of ether oxygens (including phenoxy) is 1. The number of hydrogen-bond acceptors (Lipinski definition) is 5. The summed E-state index contributed by atoms with van der Waals surface area (Å²) >= 11 is 7.46. The molecule has 0 radical (unpaired) electrons. The van der Waals surface area contributed by atoms with Crippen LogP contribution in [-0.2, 0) is 35.5 Å². The number of fused-ring (bicyclic) bond motifs is 1. The van der Waals surface area contributed by atoms with E-state index < -0.39 is 0 Å². The molecule has 1 amide bonds. The molecule has 0 spiro atoms. The molecular formula is C27H29ClN2O3S. The maximum absolute atomic E-state index is 13.0. The molecule has 0 saturated heterocycles. The summed E-state index contributed by atoms with van der Waals surface area (Å²) < 4.78 is 5.35. The highest BCUT2D eigenvalue weighted by atomic mass is 35.5. The Kier molecular flexibility index (Phi) is 8.03. The van der Waals surface area contributed by atoms with Crippen molar-refractivity contribution in [2.45, 2.75) is 39.8 Å². The SMILES string of the molecule is CCOC(=O)c1c(NC(=O)C(C)Cc2ccc(Cl)cc2)sc2c1CCN(Cc1ccccc1)C2. The van der Waals surface area contributed by atoms with Gasteiger partial charge in [0.25, 0.3) is 0 Å². The lowest BCUT2D eigenvalue weighted by Crippen LogP contribution is -2.30. The maximum Gasteiger partial charge on any atom is 0.341 e. The number of anilines is 1. The molecule has 0 aliphatic carbocycles. The molecule has 4 rings (SSSR count). The normalized spacial score (nSPS) is 14.3. The fraction of sp³-hybridized carbons (Fsp3) is 0.333. The summed E-state index contributed by atoms with van der Waals surface area (Å²) in [5.74, 6) is -0.734. The Morgan fingerprint density at radius 1 is 1.12 bits per heavy atom. The zero-order valence-corrected chi connectivity index (χ0v) is 21.0. The van der Waals surface area contributed by atoms with E-state index in [1.54, 1.807) is 6.92 Å². The minimum atomic E-state index is -0.364. The molecule has 1 aliphatic heterocycles. The van der Waals surface area contributed by atoms with Crippen molar-refractivity contribution in [2.75, 3.05) is 18.5 Å². The monoisotopic (exact) mass is 496 g/mol. The van der Waals surface area contributed by atoms with Crippen molar-refractivity contribution in [3.63, 3.8) is 0 Å². The summed E-state index contributed by atoms with van der Waals surface area (Å²) in [7, 11) is 0. The van der Waals surface area contributed by atoms with Crippen LogP contribution in [0.5, 0.6) is 0 Å². The van der Waals surface area contributed by atoms with E-state index in [9.17, 15) is 9.59 Å². The van der Waals surface area contributed by atoms with Gasteiger partial charge in [-0.1, -0.05) is 61.0 Å². The van der Waals surface area contributed by atoms with Gasteiger partial charge in [0.2, 0.25) is 5.91 Å². The van der Waals surface area contributed by atoms with Crippen LogP contribution in [0.3, 0.4) is 0 Å². The zero-order valence-electron chi connectivity index (χ0n) is 19.5. The van der Waals surface area contributed by atoms with Crippen molar-refractivity contribution in [3.8, 4) is 0 Å². The molecule has 1 aromatic heterocycles. The predicted octanol–water partition coefficient (Wildman–Crippen LogP) is 5.95. The van der Waals surface area contributed by atoms with Crippen LogP contribution in [0.25, 0.3) is 0 Å². The van der Waals surface area contributed by atoms with Crippen LogP contribution < -0.4 is 5.32 Å². The smallest absolute Gasteiger partial charge is 0.341 e. The van der Waals surface area contributed by atoms with E-state index in [0.29, 0.717) is 28.6 Å². The quantitative estimate of drug-likeness (QED) is 0.391. The number of benzene rings is 2. The number of halogens is 1. The first-order valence-corrected chi connectivity index (χ1v) is 12.8. The van der Waals surface area contributed by atoms with Gasteiger partial charge >= 0.3 is 5.97 Å². The van der Waals surface area contributed by atoms with E-state index in [0.717, 1.165) is 42.1 Å². The molecule has 2 aromatic carbocycles. The molecule has 1 N–H and O–H groups in total. The van der Waals surface area contributed by atoms with Crippen molar-refractivity contribution >= 4 is 39.8 Å². The Hall–Kier alpha value is -2.67. The molecule has 1 unspecified atom stereocenters. The number of nitrogens with one attached hydrogen (secondary N) is 1. The van der Waals surface area contributed by atoms with E-state index in [1.807, 2.05) is 49.4 Å². The lowest BCUT2D eigenvalue weighted by Gasteiger charge is -2.27. The van der Waals surface area contributed by atoms with Crippen LogP contribution >= 0.6 is 22.9 Å². The molecule has 0 saturated carbocycles. The van der Waals surface area contributed by atoms with Gasteiger partial charge in [0.15, 0.2) is 0 Å². The Balaban J connectivity index is 1.51. The third-order valence-electron chi connectivity index (χ3n) is 6.00. The molecule has 1 aliphatic rings. The topological polar surface area (TPSA) is 58.6 Å². The number of hydrogen-bond donors (Lipinski definition) is 1. The number of carbonyl (C=O) groups excluding carboxylic acids is 2. The molecular weight excluding hydrogens is 468 g/mol. The summed E-state index contributed by atoms with van der Waals surface area (Å²) in [5.41, 5.74) is 3.83. The van der Waals surface area contributed by atoms with Gasteiger partial charge in [0, 0.05) is 35.5 Å². The van der Waals surface area contributed by atoms with Crippen LogP contribution in [0.15, 0.2) is 54.6 Å². The number of rotatable bonds is 8. The number of carbonyl (C=O) groups is 2. The van der Waals surface area contributed by atoms with E-state index >= 15 is 0 Å². The fourth-order valence-corrected chi connectivity index (χ4v) is 5.65. The van der Waals surface area contributed by atoms with E-state index in [-0.39, 0.29) is 17.8 Å². The molecule has 7 heteroatoms. The lowest BCUT2D eigenvalue weighted by atomic mass is 10.00. The molecule has 5 nitrogen and oxygen atoms in total. The van der Waals surface area contributed by atoms with E-state index in [2.05, 4.69) is 22.3 Å². The van der Waals surface area contributed by atoms with E-state index in [4.69, 9.17) is 16.3 Å². The van der Waals surface area contributed by atoms with Gasteiger partial charge in [-0.2, -0.15) is 0 Å². The van der Waals surface area contributed by atoms with Gasteiger partial charge in [0.05, 0.1) is 12.2 Å². The summed E-state index contributed by atoms with van der Waals surface area (Å²) in [6, 6.07) is 17.9. The molecule has 0 fully saturated rings. The predicted molar refractivity (Wildman–Crippen MR) is 137 cm³/mol. The van der Waals surface area contributed by atoms with Crippen LogP contribution in [0.4, 0.5) is 5.00 Å². The van der Waals surface area contributed by atoms with Crippen LogP contribution in [0.2, 0.25) is 5.02 Å². The Labute approximate surface area is 209 Å². The fourth-order valence-electron chi connectivity index (χ4n) is 4.24. The summed E-state index contributed by atoms with van der Waals surface area (Å²) in [6.45, 7) is 6.44. The second kappa shape index (κ2) is 11.2. The molecule has 0 bridgehead atoms. The van der Waals surface area contributed by atoms with Gasteiger partial charge in [-0.3, -0.25) is 9.69 Å². The Morgan fingerprint density at radius 2 is 1.85 bits per heavy atom. The van der Waals surface area contributed by atoms with Gasteiger partial charge in [-0.05, 0) is 48.6 Å². The molecule has 1 atom stereocenters. The largest absolute Gasteiger partial charge is 0.462 e. The highest BCUT2D eigenvalue weighted by Crippen LogP contribution is 2.38. The third-order valence-corrected chi connectivity index (χ3v) is 7.39. The second-order valence-electron chi connectivity index (χ2n) is 8.60. The Bertz CT molecular complexity index is 1140. The number of esters is 1. The van der Waals surface area contributed by atoms with Gasteiger partial charge in [-0.25, -0.2) is 4.79 Å². The van der Waals surface area contributed by atoms with Gasteiger partial charge < -0.3 is 10.1 Å². The molecule has 3 aromatic rings. The summed E-state index contributed by atoms with van der Waals surface area (Å²) in [6.07, 6.45) is 1.34. The van der Waals surface area contributed by atoms with Crippen molar-refractivity contribution in [3.05, 3.63) is 86.8 Å². The summed E-state index contributed by atoms with van der Waals surface area (Å²) in [5, 5.41) is 4.30. The van der Waals surface area contributed by atoms with Gasteiger partial charge in [0.1, 0.15) is 5.00 Å². The van der Waals surface area contributed by atoms with Crippen LogP contribution in [-0.4, -0.2) is 29.9 Å². The molecule has 2 heterocycles. The van der Waals surface area contributed by atoms with Crippen LogP contribution in [0.1, 0.15) is 45.8 Å². The average Bonchev–Trinajstić information content (AvgIpc) is 3.18. The maximum atomic E-state index is 13.0. The minimum Gasteiger partial charge on any atom is -0.462 e. The number of thiophene rings is 1. The first kappa shape index (κ1) is 24.5. The Morgan fingerprint density at radius 3 is 2.56 bits per heavy atom. The van der Waals surface area contributed by atoms with Crippen LogP contribution in [0, 0.1) is 5.92 Å². The first-order valence-electron chi connectivity index (χ1n) is 11.6. The first-order chi connectivity index (χ1) is 16.4. The lowest BCUT2D eigenvalue weighted by molar-refractivity contribution is -0.119. The van der Waals surface area contributed by atoms with Crippen molar-refractivity contribution in [1.29, 1.82) is 0 Å². The molecule has 34 heavy (non-hydrogen) atoms. The highest BCUT2D eigenvalue weighted by molar-refractivity contribution is 7.17. The third kappa shape index (κ3) is 5.87. The van der Waals surface area contributed by atoms with E-state index in [1.165, 1.54) is 16.9 Å². The second-order valence-corrected chi connectivity index (χ2v) is 10.1. The minimum absolute atomic E-state index is 0.111. The summed E-state index contributed by atoms with van der Waals surface area (Å²) in [4.78, 5) is 29.4. The van der Waals surface area contributed by atoms with Crippen molar-refractivity contribution in [2.24, 2.45) is 5.92 Å². The zero-order chi connectivity index (χ0) is 24.1. The standard InChI is InChI=1S/C27H29ClN2O3S/c1-3-33-27(32)24-22-13-14-30(16-20-7-5-4-6-8-20)17-23(22)34-26(24)29-25(31)18(2)15-19-9-11-21(28)12-10-19/h4-12,18H,3,13-17H2,1-2H3,(H,29,31). The van der Waals surface area contributed by atoms with Gasteiger partial charge in [-0.15, -0.1) is 11.3 Å². The van der Waals surface area contributed by atoms with Crippen molar-refractivity contribution < 1.29 is 14.3 Å². The highest BCUT2D eigenvalue weighted by Gasteiger charge is 2.30. The number of amides is 1.